The fourth-order valence-corrected chi connectivity index (χ4v) is 4.89. The number of benzene rings is 1. The van der Waals surface area contributed by atoms with Crippen molar-refractivity contribution in [2.24, 2.45) is 0 Å². The highest BCUT2D eigenvalue weighted by molar-refractivity contribution is 8.77. The number of nitrogens with one attached hydrogen (secondary N) is 1. The summed E-state index contributed by atoms with van der Waals surface area (Å²) >= 11 is 0. The van der Waals surface area contributed by atoms with E-state index < -0.39 is 0 Å². The molecule has 0 bridgehead atoms. The van der Waals surface area contributed by atoms with E-state index in [2.05, 4.69) is 42.9 Å². The summed E-state index contributed by atoms with van der Waals surface area (Å²) in [6, 6.07) is 8.23. The fourth-order valence-electron chi connectivity index (χ4n) is 2.67. The summed E-state index contributed by atoms with van der Waals surface area (Å²) < 4.78 is 0.299. The average Bonchev–Trinajstić information content (AvgIpc) is 2.95. The number of H-pyrrole nitrogens is 1. The Bertz CT molecular complexity index is 545. The second kappa shape index (κ2) is 9.63. The van der Waals surface area contributed by atoms with Crippen LogP contribution in [0.25, 0.3) is 11.0 Å². The number of aromatic nitrogens is 2. The summed E-state index contributed by atoms with van der Waals surface area (Å²) in [5, 5.41) is 1.02. The zero-order valence-electron chi connectivity index (χ0n) is 14.7. The third-order valence-electron chi connectivity index (χ3n) is 4.10. The van der Waals surface area contributed by atoms with E-state index in [9.17, 15) is 0 Å². The summed E-state index contributed by atoms with van der Waals surface area (Å²) in [7, 11) is 3.72. The Morgan fingerprint density at radius 2 is 1.70 bits per heavy atom. The lowest BCUT2D eigenvalue weighted by Crippen LogP contribution is -2.12. The Kier molecular flexibility index (Phi) is 7.84. The van der Waals surface area contributed by atoms with Crippen LogP contribution in [0.2, 0.25) is 0 Å². The van der Waals surface area contributed by atoms with E-state index in [0.717, 1.165) is 16.2 Å². The first kappa shape index (κ1) is 18.7. The van der Waals surface area contributed by atoms with Crippen LogP contribution in [0.1, 0.15) is 72.1 Å². The summed E-state index contributed by atoms with van der Waals surface area (Å²) in [4.78, 5) is 8.04. The van der Waals surface area contributed by atoms with Gasteiger partial charge in [-0.05, 0) is 43.2 Å². The molecule has 2 rings (SSSR count). The molecule has 2 nitrogen and oxygen atoms in total. The third-order valence-corrected chi connectivity index (χ3v) is 7.26. The Hall–Kier alpha value is -0.610. The van der Waals surface area contributed by atoms with Gasteiger partial charge in [-0.15, -0.1) is 0 Å². The maximum absolute atomic E-state index is 4.64. The smallest absolute Gasteiger partial charge is 0.177 e. The normalized spacial score (nSPS) is 12.1. The molecule has 1 aromatic carbocycles. The number of fused-ring (bicyclic) bond motifs is 1. The van der Waals surface area contributed by atoms with Crippen molar-refractivity contribution in [3.05, 3.63) is 24.3 Å². The molecule has 0 unspecified atom stereocenters. The van der Waals surface area contributed by atoms with Gasteiger partial charge in [-0.2, -0.15) is 0 Å². The van der Waals surface area contributed by atoms with Crippen LogP contribution in [-0.2, 0) is 0 Å². The summed E-state index contributed by atoms with van der Waals surface area (Å²) in [5.74, 6) is 0. The lowest BCUT2D eigenvalue weighted by atomic mass is 10.0. The molecule has 0 amide bonds. The summed E-state index contributed by atoms with van der Waals surface area (Å²) in [6.45, 7) is 6.98. The van der Waals surface area contributed by atoms with Gasteiger partial charge in [0.25, 0.3) is 0 Å². The minimum absolute atomic E-state index is 0.299. The molecule has 128 valence electrons. The molecule has 2 aromatic rings. The molecule has 0 fully saturated rings. The van der Waals surface area contributed by atoms with Crippen LogP contribution in [-0.4, -0.2) is 14.7 Å². The SMILES string of the molecule is CCCCCCCCCC(C)(C)SSc1nc2ccccc2[nH]1. The van der Waals surface area contributed by atoms with Crippen LogP contribution < -0.4 is 0 Å². The number of para-hydroxylation sites is 2. The zero-order valence-corrected chi connectivity index (χ0v) is 16.4. The highest BCUT2D eigenvalue weighted by Crippen LogP contribution is 2.42. The number of hydrogen-bond donors (Lipinski definition) is 1. The van der Waals surface area contributed by atoms with Crippen molar-refractivity contribution >= 4 is 32.6 Å². The quantitative estimate of drug-likeness (QED) is 0.342. The molecular weight excluding hydrogens is 320 g/mol. The van der Waals surface area contributed by atoms with Crippen LogP contribution in [0, 0.1) is 0 Å². The van der Waals surface area contributed by atoms with Gasteiger partial charge in [0.05, 0.1) is 11.0 Å². The van der Waals surface area contributed by atoms with Crippen LogP contribution >= 0.6 is 21.6 Å². The van der Waals surface area contributed by atoms with E-state index >= 15 is 0 Å². The number of rotatable bonds is 11. The van der Waals surface area contributed by atoms with Gasteiger partial charge in [0.15, 0.2) is 5.16 Å². The maximum atomic E-state index is 4.64. The Morgan fingerprint density at radius 1 is 1.00 bits per heavy atom. The van der Waals surface area contributed by atoms with Crippen molar-refractivity contribution in [3.63, 3.8) is 0 Å². The summed E-state index contributed by atoms with van der Waals surface area (Å²) in [5.41, 5.74) is 2.18. The Labute approximate surface area is 149 Å². The number of unbranched alkanes of at least 4 members (excludes halogenated alkanes) is 6. The monoisotopic (exact) mass is 350 g/mol. The van der Waals surface area contributed by atoms with Gasteiger partial charge >= 0.3 is 0 Å². The Balaban J connectivity index is 1.67. The van der Waals surface area contributed by atoms with Gasteiger partial charge in [-0.25, -0.2) is 4.98 Å². The van der Waals surface area contributed by atoms with Crippen LogP contribution in [0.5, 0.6) is 0 Å². The van der Waals surface area contributed by atoms with E-state index in [-0.39, 0.29) is 0 Å². The molecule has 0 aliphatic rings. The minimum atomic E-state index is 0.299. The first-order valence-corrected chi connectivity index (χ1v) is 11.1. The van der Waals surface area contributed by atoms with Gasteiger partial charge in [-0.1, -0.05) is 74.8 Å². The van der Waals surface area contributed by atoms with Gasteiger partial charge < -0.3 is 4.98 Å². The van der Waals surface area contributed by atoms with E-state index in [1.54, 1.807) is 10.8 Å². The highest BCUT2D eigenvalue weighted by atomic mass is 33.1. The number of aromatic amines is 1. The van der Waals surface area contributed by atoms with Crippen LogP contribution in [0.4, 0.5) is 0 Å². The van der Waals surface area contributed by atoms with Gasteiger partial charge in [0.2, 0.25) is 0 Å². The molecule has 0 aliphatic heterocycles. The van der Waals surface area contributed by atoms with Gasteiger partial charge in [-0.3, -0.25) is 0 Å². The second-order valence-corrected chi connectivity index (χ2v) is 9.68. The zero-order chi connectivity index (χ0) is 16.5. The predicted molar refractivity (Wildman–Crippen MR) is 106 cm³/mol. The largest absolute Gasteiger partial charge is 0.332 e. The van der Waals surface area contributed by atoms with Crippen LogP contribution in [0.15, 0.2) is 29.4 Å². The van der Waals surface area contributed by atoms with Gasteiger partial charge in [0, 0.05) is 4.75 Å². The molecular formula is C19H30N2S2. The molecule has 0 saturated heterocycles. The molecule has 1 heterocycles. The van der Waals surface area contributed by atoms with Crippen molar-refractivity contribution in [3.8, 4) is 0 Å². The maximum Gasteiger partial charge on any atom is 0.177 e. The topological polar surface area (TPSA) is 28.7 Å². The molecule has 4 heteroatoms. The molecule has 0 radical (unpaired) electrons. The number of imidazole rings is 1. The van der Waals surface area contributed by atoms with E-state index in [1.165, 1.54) is 51.4 Å². The van der Waals surface area contributed by atoms with Crippen molar-refractivity contribution in [1.29, 1.82) is 0 Å². The lowest BCUT2D eigenvalue weighted by Gasteiger charge is -2.22. The average molecular weight is 351 g/mol. The van der Waals surface area contributed by atoms with E-state index in [4.69, 9.17) is 0 Å². The van der Waals surface area contributed by atoms with Crippen molar-refractivity contribution in [2.45, 2.75) is 82.0 Å². The van der Waals surface area contributed by atoms with Crippen LogP contribution in [0.3, 0.4) is 0 Å². The van der Waals surface area contributed by atoms with Crippen molar-refractivity contribution < 1.29 is 0 Å². The Morgan fingerprint density at radius 3 is 2.43 bits per heavy atom. The molecule has 1 aromatic heterocycles. The standard InChI is InChI=1S/C19H30N2S2/c1-4-5-6-7-8-9-12-15-19(2,3)23-22-18-20-16-13-10-11-14-17(16)21-18/h10-11,13-14H,4-9,12,15H2,1-3H3,(H,20,21). The highest BCUT2D eigenvalue weighted by Gasteiger charge is 2.19. The van der Waals surface area contributed by atoms with E-state index in [0.29, 0.717) is 4.75 Å². The molecule has 0 atom stereocenters. The second-order valence-electron chi connectivity index (χ2n) is 6.86. The number of hydrogen-bond acceptors (Lipinski definition) is 3. The molecule has 0 aliphatic carbocycles. The van der Waals surface area contributed by atoms with Crippen molar-refractivity contribution in [2.75, 3.05) is 0 Å². The first-order valence-electron chi connectivity index (χ1n) is 8.91. The first-order chi connectivity index (χ1) is 11.1. The molecule has 0 spiro atoms. The summed E-state index contributed by atoms with van der Waals surface area (Å²) in [6.07, 6.45) is 11.0. The van der Waals surface area contributed by atoms with E-state index in [1.807, 2.05) is 22.9 Å². The number of nitrogens with zero attached hydrogens (tertiary/aromatic N) is 1. The van der Waals surface area contributed by atoms with Crippen molar-refractivity contribution in [1.82, 2.24) is 9.97 Å². The predicted octanol–water partition coefficient (Wildman–Crippen LogP) is 7.22. The third kappa shape index (κ3) is 6.80. The molecule has 23 heavy (non-hydrogen) atoms. The lowest BCUT2D eigenvalue weighted by molar-refractivity contribution is 0.538. The molecule has 1 N–H and O–H groups in total. The fraction of sp³-hybridized carbons (Fsp3) is 0.632. The minimum Gasteiger partial charge on any atom is -0.332 e. The van der Waals surface area contributed by atoms with Gasteiger partial charge in [0.1, 0.15) is 0 Å². The molecule has 0 saturated carbocycles.